The molecule has 3 rings (SSSR count). The Labute approximate surface area is 200 Å². The van der Waals surface area contributed by atoms with Crippen molar-refractivity contribution in [3.63, 3.8) is 0 Å². The molecule has 0 aliphatic heterocycles. The molecule has 12 N–H and O–H groups in total. The Bertz CT molecular complexity index is 1270. The number of aryl methyl sites for hydroxylation is 1. The van der Waals surface area contributed by atoms with Crippen LogP contribution in [-0.2, 0) is 6.42 Å². The van der Waals surface area contributed by atoms with Gasteiger partial charge in [-0.25, -0.2) is 0 Å². The molecule has 0 radical (unpaired) electrons. The molecule has 1 heterocycles. The van der Waals surface area contributed by atoms with E-state index in [1.807, 2.05) is 30.3 Å². The van der Waals surface area contributed by atoms with E-state index in [-0.39, 0.29) is 17.9 Å². The Kier molecular flexibility index (Phi) is 8.13. The maximum absolute atomic E-state index is 5.46. The number of thiophene rings is 1. The highest BCUT2D eigenvalue weighted by Gasteiger charge is 2.14. The molecular weight excluding hydrogens is 450 g/mol. The van der Waals surface area contributed by atoms with Gasteiger partial charge in [0.1, 0.15) is 0 Å². The zero-order valence-electron chi connectivity index (χ0n) is 18.4. The zero-order chi connectivity index (χ0) is 24.5. The van der Waals surface area contributed by atoms with Gasteiger partial charge in [0, 0.05) is 16.1 Å². The van der Waals surface area contributed by atoms with Gasteiger partial charge in [0.25, 0.3) is 0 Å². The van der Waals surface area contributed by atoms with Crippen LogP contribution in [0.4, 0.5) is 0 Å². The Morgan fingerprint density at radius 2 is 1.38 bits per heavy atom. The Morgan fingerprint density at radius 1 is 0.765 bits per heavy atom. The first-order chi connectivity index (χ1) is 16.3. The molecule has 0 spiro atoms. The van der Waals surface area contributed by atoms with Crippen molar-refractivity contribution in [1.82, 2.24) is 0 Å². The van der Waals surface area contributed by atoms with Crippen molar-refractivity contribution in [3.8, 4) is 10.4 Å². The van der Waals surface area contributed by atoms with Crippen LogP contribution in [0.3, 0.4) is 0 Å². The molecule has 12 heteroatoms. The van der Waals surface area contributed by atoms with E-state index in [0.717, 1.165) is 34.2 Å². The molecule has 176 valence electrons. The summed E-state index contributed by atoms with van der Waals surface area (Å²) in [4.78, 5) is 5.28. The molecule has 0 bridgehead atoms. The smallest absolute Gasteiger partial charge is 0.211 e. The van der Waals surface area contributed by atoms with E-state index in [4.69, 9.17) is 34.4 Å². The van der Waals surface area contributed by atoms with E-state index in [2.05, 4.69) is 37.5 Å². The van der Waals surface area contributed by atoms with Gasteiger partial charge in [-0.05, 0) is 46.5 Å². The lowest BCUT2D eigenvalue weighted by molar-refractivity contribution is 0.838. The van der Waals surface area contributed by atoms with E-state index in [1.54, 1.807) is 23.8 Å². The van der Waals surface area contributed by atoms with Crippen LogP contribution in [0.15, 0.2) is 67.9 Å². The molecule has 3 aromatic rings. The lowest BCUT2D eigenvalue weighted by Crippen LogP contribution is -2.23. The largest absolute Gasteiger partial charge is 0.370 e. The van der Waals surface area contributed by atoms with Gasteiger partial charge in [-0.2, -0.15) is 10.2 Å². The van der Waals surface area contributed by atoms with Gasteiger partial charge < -0.3 is 34.4 Å². The van der Waals surface area contributed by atoms with E-state index in [1.165, 1.54) is 15.8 Å². The van der Waals surface area contributed by atoms with E-state index >= 15 is 0 Å². The Balaban J connectivity index is 1.96. The van der Waals surface area contributed by atoms with Crippen LogP contribution in [0.25, 0.3) is 20.5 Å². The van der Waals surface area contributed by atoms with Crippen molar-refractivity contribution in [1.29, 1.82) is 0 Å². The fraction of sp³-hybridized carbons (Fsp3) is 0.136. The van der Waals surface area contributed by atoms with Crippen LogP contribution in [-0.4, -0.2) is 36.9 Å². The Morgan fingerprint density at radius 3 is 2.00 bits per heavy atom. The Hall–Kier alpha value is -4.45. The molecule has 0 unspecified atom stereocenters. The molecular formula is C22H27N11S. The van der Waals surface area contributed by atoms with Crippen LogP contribution < -0.4 is 34.4 Å². The summed E-state index contributed by atoms with van der Waals surface area (Å²) in [6.07, 6.45) is 4.84. The van der Waals surface area contributed by atoms with Crippen molar-refractivity contribution in [2.75, 3.05) is 6.54 Å². The third kappa shape index (κ3) is 6.77. The molecule has 0 saturated heterocycles. The van der Waals surface area contributed by atoms with Crippen LogP contribution in [0.5, 0.6) is 0 Å². The van der Waals surface area contributed by atoms with Gasteiger partial charge >= 0.3 is 0 Å². The number of rotatable bonds is 9. The number of hydrogen-bond donors (Lipinski definition) is 6. The zero-order valence-corrected chi connectivity index (χ0v) is 19.2. The summed E-state index contributed by atoms with van der Waals surface area (Å²) >= 11 is 1.70. The van der Waals surface area contributed by atoms with Crippen LogP contribution in [0, 0.1) is 0 Å². The second-order valence-corrected chi connectivity index (χ2v) is 8.29. The topological polar surface area (TPSA) is 218 Å². The van der Waals surface area contributed by atoms with E-state index in [0.29, 0.717) is 6.54 Å². The van der Waals surface area contributed by atoms with Crippen LogP contribution >= 0.6 is 11.3 Å². The normalized spacial score (nSPS) is 11.2. The maximum atomic E-state index is 5.46. The van der Waals surface area contributed by atoms with Crippen molar-refractivity contribution in [2.45, 2.75) is 12.8 Å². The third-order valence-corrected chi connectivity index (χ3v) is 5.87. The fourth-order valence-corrected chi connectivity index (χ4v) is 4.54. The molecule has 0 fully saturated rings. The lowest BCUT2D eigenvalue weighted by atomic mass is 10.0. The average molecular weight is 478 g/mol. The molecule has 1 aromatic heterocycles. The number of hydrogen-bond acceptors (Lipinski definition) is 6. The van der Waals surface area contributed by atoms with Gasteiger partial charge in [-0.1, -0.05) is 36.4 Å². The quantitative estimate of drug-likeness (QED) is 0.114. The summed E-state index contributed by atoms with van der Waals surface area (Å²) in [6, 6.07) is 14.1. The summed E-state index contributed by atoms with van der Waals surface area (Å²) in [6.45, 7) is 0.558. The second kappa shape index (κ2) is 11.4. The average Bonchev–Trinajstić information content (AvgIpc) is 3.14. The van der Waals surface area contributed by atoms with Crippen LogP contribution in [0.1, 0.15) is 23.1 Å². The monoisotopic (exact) mass is 477 g/mol. The first kappa shape index (κ1) is 24.2. The van der Waals surface area contributed by atoms with Gasteiger partial charge in [0.15, 0.2) is 5.96 Å². The van der Waals surface area contributed by atoms with Gasteiger partial charge in [0.05, 0.1) is 12.4 Å². The second-order valence-electron chi connectivity index (χ2n) is 7.24. The lowest BCUT2D eigenvalue weighted by Gasteiger charge is -2.05. The SMILES string of the molecule is NC(N)=NCCCc1c(-c2ccc(/C=N/N=C(N)N)cc2)sc2cc(/C=N/N=C(N)N)ccc12. The number of aliphatic imine (C=N–C) groups is 1. The molecule has 2 aromatic carbocycles. The van der Waals surface area contributed by atoms with Crippen molar-refractivity contribution < 1.29 is 0 Å². The molecule has 0 amide bonds. The highest BCUT2D eigenvalue weighted by molar-refractivity contribution is 7.22. The summed E-state index contributed by atoms with van der Waals surface area (Å²) in [5.74, 6) is -0.0881. The first-order valence-corrected chi connectivity index (χ1v) is 11.1. The highest BCUT2D eigenvalue weighted by Crippen LogP contribution is 2.39. The van der Waals surface area contributed by atoms with E-state index < -0.39 is 0 Å². The fourth-order valence-electron chi connectivity index (χ4n) is 3.24. The highest BCUT2D eigenvalue weighted by atomic mass is 32.1. The van der Waals surface area contributed by atoms with Crippen molar-refractivity contribution in [2.24, 2.45) is 59.8 Å². The third-order valence-electron chi connectivity index (χ3n) is 4.63. The number of nitrogens with zero attached hydrogens (tertiary/aromatic N) is 5. The van der Waals surface area contributed by atoms with E-state index in [9.17, 15) is 0 Å². The molecule has 34 heavy (non-hydrogen) atoms. The number of guanidine groups is 3. The number of benzene rings is 2. The standard InChI is InChI=1S/C22H27N11S/c23-20(24)29-9-1-2-17-16-8-5-14(12-31-33-22(27)28)10-18(16)34-19(17)15-6-3-13(4-7-15)11-30-32-21(25)26/h3-8,10-12H,1-2,9H2,(H4,23,24,29)(H4,25,26,32)(H4,27,28,33)/b30-11+,31-12+. The molecule has 0 saturated carbocycles. The summed E-state index contributed by atoms with van der Waals surface area (Å²) < 4.78 is 1.12. The van der Waals surface area contributed by atoms with Crippen molar-refractivity contribution in [3.05, 3.63) is 59.2 Å². The molecule has 0 atom stereocenters. The number of nitrogens with two attached hydrogens (primary N) is 6. The summed E-state index contributed by atoms with van der Waals surface area (Å²) in [5, 5.41) is 16.2. The minimum Gasteiger partial charge on any atom is -0.370 e. The molecule has 0 aliphatic rings. The summed E-state index contributed by atoms with van der Waals surface area (Å²) in [7, 11) is 0. The maximum Gasteiger partial charge on any atom is 0.211 e. The minimum atomic E-state index is -0.0920. The predicted octanol–water partition coefficient (Wildman–Crippen LogP) is 0.989. The van der Waals surface area contributed by atoms with Gasteiger partial charge in [-0.3, -0.25) is 4.99 Å². The van der Waals surface area contributed by atoms with Crippen molar-refractivity contribution >= 4 is 51.7 Å². The minimum absolute atomic E-state index is 0.0915. The number of fused-ring (bicyclic) bond motifs is 1. The van der Waals surface area contributed by atoms with Gasteiger partial charge in [-0.15, -0.1) is 21.5 Å². The summed E-state index contributed by atoms with van der Waals surface area (Å²) in [5.41, 5.74) is 36.3. The molecule has 0 aliphatic carbocycles. The van der Waals surface area contributed by atoms with Gasteiger partial charge in [0.2, 0.25) is 11.9 Å². The first-order valence-electron chi connectivity index (χ1n) is 10.3. The van der Waals surface area contributed by atoms with Crippen LogP contribution in [0.2, 0.25) is 0 Å². The molecule has 11 nitrogen and oxygen atoms in total. The predicted molar refractivity (Wildman–Crippen MR) is 143 cm³/mol.